The lowest BCUT2D eigenvalue weighted by Gasteiger charge is -2.33. The van der Waals surface area contributed by atoms with Crippen LogP contribution in [0, 0.1) is 6.92 Å². The maximum Gasteiger partial charge on any atom is 0.264 e. The van der Waals surface area contributed by atoms with Crippen LogP contribution in [0.5, 0.6) is 5.75 Å². The van der Waals surface area contributed by atoms with E-state index in [-0.39, 0.29) is 23.8 Å². The molecule has 44 heavy (non-hydrogen) atoms. The first-order valence-electron chi connectivity index (χ1n) is 14.7. The molecule has 0 aliphatic rings. The van der Waals surface area contributed by atoms with Gasteiger partial charge in [-0.3, -0.25) is 13.9 Å². The molecule has 0 fully saturated rings. The summed E-state index contributed by atoms with van der Waals surface area (Å²) in [5.74, 6) is -0.236. The highest BCUT2D eigenvalue weighted by molar-refractivity contribution is 7.92. The summed E-state index contributed by atoms with van der Waals surface area (Å²) in [7, 11) is -4.17. The van der Waals surface area contributed by atoms with Crippen molar-refractivity contribution in [3.63, 3.8) is 0 Å². The van der Waals surface area contributed by atoms with E-state index in [1.807, 2.05) is 81.4 Å². The number of sulfonamides is 1. The van der Waals surface area contributed by atoms with E-state index in [0.717, 1.165) is 21.0 Å². The van der Waals surface area contributed by atoms with Crippen LogP contribution in [0.15, 0.2) is 114 Å². The van der Waals surface area contributed by atoms with Gasteiger partial charge in [0.2, 0.25) is 11.8 Å². The lowest BCUT2D eigenvalue weighted by molar-refractivity contribution is -0.140. The van der Waals surface area contributed by atoms with E-state index in [1.165, 1.54) is 17.0 Å². The number of likely N-dealkylation sites (N-methyl/N-ethyl adjacent to an activating group) is 1. The van der Waals surface area contributed by atoms with E-state index in [0.29, 0.717) is 24.6 Å². The fourth-order valence-electron chi connectivity index (χ4n) is 4.87. The van der Waals surface area contributed by atoms with Gasteiger partial charge in [0.25, 0.3) is 10.0 Å². The Hall–Kier alpha value is -4.63. The Balaban J connectivity index is 1.78. The Bertz CT molecular complexity index is 1610. The smallest absolute Gasteiger partial charge is 0.264 e. The molecule has 230 valence electrons. The van der Waals surface area contributed by atoms with Crippen LogP contribution < -0.4 is 14.4 Å². The zero-order valence-corrected chi connectivity index (χ0v) is 26.2. The topological polar surface area (TPSA) is 96.0 Å². The third-order valence-corrected chi connectivity index (χ3v) is 8.93. The molecule has 8 nitrogen and oxygen atoms in total. The molecule has 2 amide bonds. The van der Waals surface area contributed by atoms with E-state index >= 15 is 0 Å². The van der Waals surface area contributed by atoms with Gasteiger partial charge in [0.1, 0.15) is 18.3 Å². The average molecular weight is 614 g/mol. The standard InChI is InChI=1S/C35H39N3O5S/c1-4-36-35(40)33(24-28-12-8-6-9-13-28)37(25-29-14-10-7-11-15-29)34(39)26-38(30-18-20-31(21-19-30)43-5-2)44(41,42)32-22-16-27(3)17-23-32/h6-23,33H,4-5,24-26H2,1-3H3,(H,36,40)/t33-/m0/s1. The molecule has 0 aliphatic heterocycles. The summed E-state index contributed by atoms with van der Waals surface area (Å²) in [5, 5.41) is 2.87. The summed E-state index contributed by atoms with van der Waals surface area (Å²) in [6, 6.07) is 31.1. The van der Waals surface area contributed by atoms with E-state index in [4.69, 9.17) is 4.74 Å². The number of hydrogen-bond acceptors (Lipinski definition) is 5. The minimum atomic E-state index is -4.17. The number of anilines is 1. The van der Waals surface area contributed by atoms with Gasteiger partial charge in [-0.15, -0.1) is 0 Å². The Morgan fingerprint density at radius 2 is 1.39 bits per heavy atom. The first-order valence-corrected chi connectivity index (χ1v) is 16.1. The Morgan fingerprint density at radius 1 is 0.795 bits per heavy atom. The number of benzene rings is 4. The van der Waals surface area contributed by atoms with Gasteiger partial charge >= 0.3 is 0 Å². The summed E-state index contributed by atoms with van der Waals surface area (Å²) in [4.78, 5) is 29.5. The van der Waals surface area contributed by atoms with Crippen molar-refractivity contribution >= 4 is 27.5 Å². The summed E-state index contributed by atoms with van der Waals surface area (Å²) in [5.41, 5.74) is 2.91. The molecule has 0 spiro atoms. The van der Waals surface area contributed by atoms with Crippen molar-refractivity contribution in [2.24, 2.45) is 0 Å². The molecular formula is C35H39N3O5S. The summed E-state index contributed by atoms with van der Waals surface area (Å²) < 4.78 is 34.9. The van der Waals surface area contributed by atoms with Crippen LogP contribution in [-0.4, -0.2) is 50.9 Å². The van der Waals surface area contributed by atoms with Crippen LogP contribution in [-0.2, 0) is 32.6 Å². The first kappa shape index (κ1) is 32.3. The molecule has 0 aliphatic carbocycles. The molecule has 0 saturated heterocycles. The highest BCUT2D eigenvalue weighted by Gasteiger charge is 2.34. The van der Waals surface area contributed by atoms with Gasteiger partial charge in [-0.25, -0.2) is 8.42 Å². The largest absolute Gasteiger partial charge is 0.494 e. The van der Waals surface area contributed by atoms with Crippen LogP contribution >= 0.6 is 0 Å². The van der Waals surface area contributed by atoms with Crippen LogP contribution in [0.3, 0.4) is 0 Å². The monoisotopic (exact) mass is 613 g/mol. The van der Waals surface area contributed by atoms with Crippen LogP contribution in [0.25, 0.3) is 0 Å². The number of hydrogen-bond donors (Lipinski definition) is 1. The summed E-state index contributed by atoms with van der Waals surface area (Å²) in [6.07, 6.45) is 0.263. The number of nitrogens with one attached hydrogen (secondary N) is 1. The van der Waals surface area contributed by atoms with Gasteiger partial charge in [-0.05, 0) is 68.3 Å². The number of aryl methyl sites for hydroxylation is 1. The zero-order valence-electron chi connectivity index (χ0n) is 25.3. The third-order valence-electron chi connectivity index (χ3n) is 7.14. The maximum atomic E-state index is 14.4. The number of nitrogens with zero attached hydrogens (tertiary/aromatic N) is 2. The van der Waals surface area contributed by atoms with Crippen molar-refractivity contribution in [3.05, 3.63) is 126 Å². The summed E-state index contributed by atoms with van der Waals surface area (Å²) >= 11 is 0. The van der Waals surface area contributed by atoms with Gasteiger partial charge in [0.15, 0.2) is 0 Å². The minimum Gasteiger partial charge on any atom is -0.494 e. The molecule has 4 aromatic rings. The molecule has 1 N–H and O–H groups in total. The van der Waals surface area contributed by atoms with Gasteiger partial charge in [0, 0.05) is 19.5 Å². The lowest BCUT2D eigenvalue weighted by atomic mass is 10.0. The predicted molar refractivity (Wildman–Crippen MR) is 173 cm³/mol. The molecule has 4 aromatic carbocycles. The highest BCUT2D eigenvalue weighted by Crippen LogP contribution is 2.27. The Kier molecular flexibility index (Phi) is 11.2. The van der Waals surface area contributed by atoms with Crippen molar-refractivity contribution in [1.82, 2.24) is 10.2 Å². The second-order valence-electron chi connectivity index (χ2n) is 10.4. The van der Waals surface area contributed by atoms with Crippen molar-refractivity contribution < 1.29 is 22.7 Å². The first-order chi connectivity index (χ1) is 21.2. The van der Waals surface area contributed by atoms with Gasteiger partial charge in [0.05, 0.1) is 17.2 Å². The van der Waals surface area contributed by atoms with Crippen molar-refractivity contribution in [3.8, 4) is 5.75 Å². The summed E-state index contributed by atoms with van der Waals surface area (Å²) in [6.45, 7) is 6.01. The lowest BCUT2D eigenvalue weighted by Crippen LogP contribution is -2.53. The minimum absolute atomic E-state index is 0.0592. The van der Waals surface area contributed by atoms with Crippen LogP contribution in [0.4, 0.5) is 5.69 Å². The number of amides is 2. The Labute approximate surface area is 260 Å². The van der Waals surface area contributed by atoms with E-state index in [9.17, 15) is 18.0 Å². The molecule has 0 unspecified atom stereocenters. The molecule has 0 radical (unpaired) electrons. The van der Waals surface area contributed by atoms with Gasteiger partial charge < -0.3 is 15.0 Å². The molecule has 0 bridgehead atoms. The number of carbonyl (C=O) groups is 2. The van der Waals surface area contributed by atoms with E-state index in [2.05, 4.69) is 5.32 Å². The van der Waals surface area contributed by atoms with Crippen molar-refractivity contribution in [2.75, 3.05) is 24.0 Å². The predicted octanol–water partition coefficient (Wildman–Crippen LogP) is 5.37. The molecule has 0 saturated carbocycles. The van der Waals surface area contributed by atoms with Crippen molar-refractivity contribution in [1.29, 1.82) is 0 Å². The molecule has 9 heteroatoms. The molecular weight excluding hydrogens is 574 g/mol. The average Bonchev–Trinajstić information content (AvgIpc) is 3.03. The van der Waals surface area contributed by atoms with Crippen LogP contribution in [0.2, 0.25) is 0 Å². The fourth-order valence-corrected chi connectivity index (χ4v) is 6.28. The fraction of sp³-hybridized carbons (Fsp3) is 0.257. The Morgan fingerprint density at radius 3 is 1.95 bits per heavy atom. The molecule has 0 aromatic heterocycles. The number of carbonyl (C=O) groups excluding carboxylic acids is 2. The second-order valence-corrected chi connectivity index (χ2v) is 12.2. The van der Waals surface area contributed by atoms with E-state index < -0.39 is 28.5 Å². The van der Waals surface area contributed by atoms with Gasteiger partial charge in [-0.2, -0.15) is 0 Å². The van der Waals surface area contributed by atoms with Crippen LogP contribution in [0.1, 0.15) is 30.5 Å². The SMILES string of the molecule is CCNC(=O)[C@H](Cc1ccccc1)N(Cc1ccccc1)C(=O)CN(c1ccc(OCC)cc1)S(=O)(=O)c1ccc(C)cc1. The zero-order chi connectivity index (χ0) is 31.5. The third kappa shape index (κ3) is 8.26. The van der Waals surface area contributed by atoms with Crippen molar-refractivity contribution in [2.45, 2.75) is 44.7 Å². The number of ether oxygens (including phenoxy) is 1. The molecule has 0 heterocycles. The van der Waals surface area contributed by atoms with Gasteiger partial charge in [-0.1, -0.05) is 78.4 Å². The normalized spacial score (nSPS) is 11.8. The second kappa shape index (κ2) is 15.2. The highest BCUT2D eigenvalue weighted by atomic mass is 32.2. The van der Waals surface area contributed by atoms with E-state index in [1.54, 1.807) is 36.4 Å². The maximum absolute atomic E-state index is 14.4. The molecule has 4 rings (SSSR count). The molecule has 1 atom stereocenters. The quantitative estimate of drug-likeness (QED) is 0.207. The number of rotatable bonds is 14.